The minimum atomic E-state index is -0.152. The van der Waals surface area contributed by atoms with Crippen molar-refractivity contribution in [1.29, 1.82) is 0 Å². The Morgan fingerprint density at radius 2 is 1.91 bits per heavy atom. The standard InChI is InChI=1S/C25H26N6O2/c1-17(14-26)31-16-28-24-21(25(31)32)13-22(29-23(24)19-3-2-8-27-15-19)18-4-6-20(7-5-18)30-9-11-33-12-10-30/h2-8,13,15-17H,9-12,14,26H2,1H3. The summed E-state index contributed by atoms with van der Waals surface area (Å²) in [7, 11) is 0. The largest absolute Gasteiger partial charge is 0.378 e. The Labute approximate surface area is 191 Å². The first-order valence-corrected chi connectivity index (χ1v) is 11.1. The van der Waals surface area contributed by atoms with Crippen molar-refractivity contribution >= 4 is 16.6 Å². The Bertz CT molecular complexity index is 1310. The number of anilines is 1. The highest BCUT2D eigenvalue weighted by molar-refractivity contribution is 5.93. The number of pyridine rings is 2. The minimum Gasteiger partial charge on any atom is -0.378 e. The van der Waals surface area contributed by atoms with Crippen LogP contribution in [0.2, 0.25) is 0 Å². The Hall–Kier alpha value is -3.62. The molecule has 8 nitrogen and oxygen atoms in total. The van der Waals surface area contributed by atoms with E-state index < -0.39 is 0 Å². The van der Waals surface area contributed by atoms with Crippen molar-refractivity contribution in [3.63, 3.8) is 0 Å². The number of nitrogens with zero attached hydrogens (tertiary/aromatic N) is 5. The number of rotatable bonds is 5. The molecule has 0 spiro atoms. The first-order valence-electron chi connectivity index (χ1n) is 11.1. The lowest BCUT2D eigenvalue weighted by atomic mass is 10.0. The molecule has 1 aromatic carbocycles. The van der Waals surface area contributed by atoms with E-state index in [9.17, 15) is 4.79 Å². The molecular weight excluding hydrogens is 416 g/mol. The Balaban J connectivity index is 1.65. The Kier molecular flexibility index (Phi) is 5.85. The first kappa shape index (κ1) is 21.2. The molecule has 168 valence electrons. The van der Waals surface area contributed by atoms with Crippen molar-refractivity contribution < 1.29 is 4.74 Å². The molecule has 0 amide bonds. The zero-order valence-electron chi connectivity index (χ0n) is 18.5. The molecule has 8 heteroatoms. The number of nitrogens with two attached hydrogens (primary N) is 1. The number of morpholine rings is 1. The fourth-order valence-corrected chi connectivity index (χ4v) is 4.09. The number of benzene rings is 1. The van der Waals surface area contributed by atoms with Crippen LogP contribution in [0.25, 0.3) is 33.4 Å². The number of fused-ring (bicyclic) bond motifs is 1. The third-order valence-corrected chi connectivity index (χ3v) is 6.06. The number of hydrogen-bond acceptors (Lipinski definition) is 7. The quantitative estimate of drug-likeness (QED) is 0.507. The smallest absolute Gasteiger partial charge is 0.261 e. The molecule has 4 aromatic rings. The highest BCUT2D eigenvalue weighted by Gasteiger charge is 2.17. The van der Waals surface area contributed by atoms with E-state index >= 15 is 0 Å². The van der Waals surface area contributed by atoms with Gasteiger partial charge in [0.05, 0.1) is 36.3 Å². The number of aromatic nitrogens is 4. The number of hydrogen-bond donors (Lipinski definition) is 1. The topological polar surface area (TPSA) is 99.2 Å². The molecule has 1 saturated heterocycles. The van der Waals surface area contributed by atoms with E-state index in [1.165, 1.54) is 0 Å². The molecule has 2 N–H and O–H groups in total. The van der Waals surface area contributed by atoms with E-state index in [2.05, 4.69) is 27.0 Å². The van der Waals surface area contributed by atoms with Crippen LogP contribution in [-0.4, -0.2) is 52.4 Å². The lowest BCUT2D eigenvalue weighted by Gasteiger charge is -2.28. The van der Waals surface area contributed by atoms with E-state index in [0.717, 1.165) is 43.1 Å². The van der Waals surface area contributed by atoms with E-state index in [-0.39, 0.29) is 11.6 Å². The van der Waals surface area contributed by atoms with Gasteiger partial charge in [-0.25, -0.2) is 9.97 Å². The number of ether oxygens (including phenoxy) is 1. The van der Waals surface area contributed by atoms with Crippen LogP contribution in [0, 0.1) is 0 Å². The predicted molar refractivity (Wildman–Crippen MR) is 129 cm³/mol. The predicted octanol–water partition coefficient (Wildman–Crippen LogP) is 2.88. The van der Waals surface area contributed by atoms with Gasteiger partial charge in [0.2, 0.25) is 0 Å². The van der Waals surface area contributed by atoms with Gasteiger partial charge in [-0.1, -0.05) is 12.1 Å². The third kappa shape index (κ3) is 4.10. The Morgan fingerprint density at radius 1 is 1.12 bits per heavy atom. The van der Waals surface area contributed by atoms with E-state index in [0.29, 0.717) is 28.8 Å². The van der Waals surface area contributed by atoms with E-state index in [1.807, 2.05) is 37.3 Å². The molecule has 1 aliphatic rings. The SMILES string of the molecule is CC(CN)n1cnc2c(-c3cccnc3)nc(-c3ccc(N4CCOCC4)cc3)cc2c1=O. The summed E-state index contributed by atoms with van der Waals surface area (Å²) in [4.78, 5) is 29.4. The summed E-state index contributed by atoms with van der Waals surface area (Å²) < 4.78 is 7.04. The minimum absolute atomic E-state index is 0.128. The van der Waals surface area contributed by atoms with Crippen LogP contribution in [0.3, 0.4) is 0 Å². The average Bonchev–Trinajstić information content (AvgIpc) is 2.89. The van der Waals surface area contributed by atoms with Crippen molar-refractivity contribution in [2.24, 2.45) is 5.73 Å². The maximum atomic E-state index is 13.4. The summed E-state index contributed by atoms with van der Waals surface area (Å²) in [6, 6.07) is 13.7. The zero-order valence-corrected chi connectivity index (χ0v) is 18.5. The summed E-state index contributed by atoms with van der Waals surface area (Å²) in [5.74, 6) is 0. The molecule has 1 atom stereocenters. The molecule has 33 heavy (non-hydrogen) atoms. The molecule has 0 bridgehead atoms. The van der Waals surface area contributed by atoms with Gasteiger partial charge in [-0.05, 0) is 37.3 Å². The fraction of sp³-hybridized carbons (Fsp3) is 0.280. The average molecular weight is 443 g/mol. The summed E-state index contributed by atoms with van der Waals surface area (Å²) in [5.41, 5.74) is 10.5. The molecule has 0 radical (unpaired) electrons. The third-order valence-electron chi connectivity index (χ3n) is 6.06. The van der Waals surface area contributed by atoms with Gasteiger partial charge in [-0.3, -0.25) is 14.3 Å². The maximum Gasteiger partial charge on any atom is 0.261 e. The maximum absolute atomic E-state index is 13.4. The lowest BCUT2D eigenvalue weighted by molar-refractivity contribution is 0.122. The van der Waals surface area contributed by atoms with Crippen molar-refractivity contribution in [3.05, 3.63) is 71.5 Å². The molecule has 1 fully saturated rings. The van der Waals surface area contributed by atoms with E-state index in [4.69, 9.17) is 15.5 Å². The molecule has 3 aromatic heterocycles. The molecule has 0 aliphatic carbocycles. The second-order valence-electron chi connectivity index (χ2n) is 8.18. The van der Waals surface area contributed by atoms with Crippen LogP contribution in [0.1, 0.15) is 13.0 Å². The van der Waals surface area contributed by atoms with Crippen LogP contribution in [0.5, 0.6) is 0 Å². The van der Waals surface area contributed by atoms with Gasteiger partial charge in [0.1, 0.15) is 5.52 Å². The van der Waals surface area contributed by atoms with E-state index in [1.54, 1.807) is 23.3 Å². The van der Waals surface area contributed by atoms with Gasteiger partial charge in [0, 0.05) is 54.9 Å². The van der Waals surface area contributed by atoms with Crippen molar-refractivity contribution in [2.45, 2.75) is 13.0 Å². The molecule has 1 unspecified atom stereocenters. The molecular formula is C25H26N6O2. The lowest BCUT2D eigenvalue weighted by Crippen LogP contribution is -2.36. The van der Waals surface area contributed by atoms with Gasteiger partial charge in [-0.15, -0.1) is 0 Å². The van der Waals surface area contributed by atoms with Crippen LogP contribution < -0.4 is 16.2 Å². The summed E-state index contributed by atoms with van der Waals surface area (Å²) in [6.07, 6.45) is 5.01. The Morgan fingerprint density at radius 3 is 2.61 bits per heavy atom. The highest BCUT2D eigenvalue weighted by Crippen LogP contribution is 2.29. The van der Waals surface area contributed by atoms with Crippen molar-refractivity contribution in [1.82, 2.24) is 19.5 Å². The van der Waals surface area contributed by atoms with Crippen LogP contribution >= 0.6 is 0 Å². The highest BCUT2D eigenvalue weighted by atomic mass is 16.5. The van der Waals surface area contributed by atoms with Gasteiger partial charge in [0.15, 0.2) is 0 Å². The first-order chi connectivity index (χ1) is 16.2. The van der Waals surface area contributed by atoms with Crippen LogP contribution in [-0.2, 0) is 4.74 Å². The normalized spacial score (nSPS) is 15.0. The molecule has 0 saturated carbocycles. The van der Waals surface area contributed by atoms with Crippen molar-refractivity contribution in [3.8, 4) is 22.5 Å². The van der Waals surface area contributed by atoms with Gasteiger partial charge in [-0.2, -0.15) is 0 Å². The second-order valence-corrected chi connectivity index (χ2v) is 8.18. The zero-order chi connectivity index (χ0) is 22.8. The molecule has 5 rings (SSSR count). The second kappa shape index (κ2) is 9.09. The summed E-state index contributed by atoms with van der Waals surface area (Å²) in [6.45, 7) is 5.49. The monoisotopic (exact) mass is 442 g/mol. The van der Waals surface area contributed by atoms with Crippen molar-refractivity contribution in [2.75, 3.05) is 37.7 Å². The van der Waals surface area contributed by atoms with Gasteiger partial charge < -0.3 is 15.4 Å². The molecule has 1 aliphatic heterocycles. The van der Waals surface area contributed by atoms with Crippen LogP contribution in [0.4, 0.5) is 5.69 Å². The summed E-state index contributed by atoms with van der Waals surface area (Å²) in [5, 5.41) is 0.513. The fourth-order valence-electron chi connectivity index (χ4n) is 4.09. The van der Waals surface area contributed by atoms with Gasteiger partial charge in [0.25, 0.3) is 5.56 Å². The summed E-state index contributed by atoms with van der Waals surface area (Å²) >= 11 is 0. The molecule has 4 heterocycles. The van der Waals surface area contributed by atoms with Crippen LogP contribution in [0.15, 0.2) is 66.0 Å². The van der Waals surface area contributed by atoms with Gasteiger partial charge >= 0.3 is 0 Å².